The van der Waals surface area contributed by atoms with E-state index in [0.717, 1.165) is 36.4 Å². The molecule has 32 heavy (non-hydrogen) atoms. The Hall–Kier alpha value is -3.66. The van der Waals surface area contributed by atoms with E-state index in [1.807, 2.05) is 0 Å². The second-order valence-corrected chi connectivity index (χ2v) is 8.44. The van der Waals surface area contributed by atoms with Crippen LogP contribution >= 0.6 is 0 Å². The Morgan fingerprint density at radius 3 is 2.00 bits per heavy atom. The lowest BCUT2D eigenvalue weighted by molar-refractivity contribution is -0.125. The third-order valence-electron chi connectivity index (χ3n) is 4.33. The van der Waals surface area contributed by atoms with Crippen molar-refractivity contribution >= 4 is 27.4 Å². The lowest BCUT2D eigenvalue weighted by atomic mass is 10.1. The summed E-state index contributed by atoms with van der Waals surface area (Å²) in [6, 6.07) is 16.8. The molecule has 3 aromatic rings. The number of rotatable bonds is 7. The lowest BCUT2D eigenvalue weighted by Gasteiger charge is -2.18. The Balaban J connectivity index is 1.82. The van der Waals surface area contributed by atoms with Gasteiger partial charge in [0.15, 0.2) is 0 Å². The second kappa shape index (κ2) is 9.65. The number of ether oxygens (including phenoxy) is 1. The van der Waals surface area contributed by atoms with Crippen molar-refractivity contribution in [2.75, 3.05) is 5.32 Å². The minimum atomic E-state index is -4.81. The summed E-state index contributed by atoms with van der Waals surface area (Å²) in [7, 11) is -4.81. The van der Waals surface area contributed by atoms with E-state index >= 15 is 0 Å². The Bertz CT molecular complexity index is 1200. The molecular weight excluding hydrogens is 447 g/mol. The van der Waals surface area contributed by atoms with E-state index in [1.165, 1.54) is 12.1 Å². The fourth-order valence-electron chi connectivity index (χ4n) is 2.70. The van der Waals surface area contributed by atoms with E-state index in [2.05, 4.69) is 5.32 Å². The second-order valence-electron chi connectivity index (χ2n) is 6.52. The van der Waals surface area contributed by atoms with Crippen LogP contribution in [-0.4, -0.2) is 26.1 Å². The van der Waals surface area contributed by atoms with E-state index in [0.29, 0.717) is 5.56 Å². The van der Waals surface area contributed by atoms with Crippen LogP contribution < -0.4 is 5.32 Å². The van der Waals surface area contributed by atoms with Gasteiger partial charge in [0.2, 0.25) is 15.9 Å². The molecule has 1 atom stereocenters. The van der Waals surface area contributed by atoms with E-state index in [-0.39, 0.29) is 11.3 Å². The fraction of sp³-hybridized carbons (Fsp3) is 0.0909. The van der Waals surface area contributed by atoms with Gasteiger partial charge in [-0.1, -0.05) is 30.3 Å². The molecule has 0 aromatic heterocycles. The summed E-state index contributed by atoms with van der Waals surface area (Å²) in [6.07, 6.45) is -1.39. The first-order valence-electron chi connectivity index (χ1n) is 9.13. The third kappa shape index (κ3) is 5.33. The Labute approximate surface area is 181 Å². The molecule has 1 amide bonds. The highest BCUT2D eigenvalue weighted by Crippen LogP contribution is 2.23. The summed E-state index contributed by atoms with van der Waals surface area (Å²) in [6.45, 7) is 0. The predicted octanol–water partition coefficient (Wildman–Crippen LogP) is 4.36. The summed E-state index contributed by atoms with van der Waals surface area (Å²) < 4.78 is 66.8. The summed E-state index contributed by atoms with van der Waals surface area (Å²) >= 11 is 0. The van der Waals surface area contributed by atoms with Crippen molar-refractivity contribution in [3.05, 3.63) is 95.8 Å². The van der Waals surface area contributed by atoms with Crippen molar-refractivity contribution in [3.8, 4) is 0 Å². The SMILES string of the molecule is O=C(O[C@H](C(=O)Nc1ccc(F)cc1)c1ccccc1)c1ccc(S(=O)(=O)C(F)F)cc1. The molecule has 0 radical (unpaired) electrons. The molecule has 0 heterocycles. The number of nitrogens with one attached hydrogen (secondary N) is 1. The Kier molecular flexibility index (Phi) is 6.94. The number of sulfone groups is 1. The van der Waals surface area contributed by atoms with Crippen LogP contribution in [0.25, 0.3) is 0 Å². The highest BCUT2D eigenvalue weighted by atomic mass is 32.2. The van der Waals surface area contributed by atoms with Crippen LogP contribution in [0.15, 0.2) is 83.8 Å². The number of anilines is 1. The first-order chi connectivity index (χ1) is 15.2. The predicted molar refractivity (Wildman–Crippen MR) is 109 cm³/mol. The highest BCUT2D eigenvalue weighted by molar-refractivity contribution is 7.91. The number of halogens is 3. The van der Waals surface area contributed by atoms with Gasteiger partial charge in [-0.2, -0.15) is 8.78 Å². The molecular formula is C22H16F3NO5S. The van der Waals surface area contributed by atoms with Crippen molar-refractivity contribution < 1.29 is 35.9 Å². The summed E-state index contributed by atoms with van der Waals surface area (Å²) in [5.74, 6) is -5.79. The van der Waals surface area contributed by atoms with Gasteiger partial charge in [0.1, 0.15) is 5.82 Å². The van der Waals surface area contributed by atoms with Gasteiger partial charge < -0.3 is 10.1 Å². The summed E-state index contributed by atoms with van der Waals surface area (Å²) in [5.41, 5.74) is 0.473. The van der Waals surface area contributed by atoms with Crippen LogP contribution in [0.1, 0.15) is 22.0 Å². The number of hydrogen-bond acceptors (Lipinski definition) is 5. The Morgan fingerprint density at radius 1 is 0.844 bits per heavy atom. The smallest absolute Gasteiger partial charge is 0.341 e. The molecule has 0 aliphatic heterocycles. The number of amides is 1. The summed E-state index contributed by atoms with van der Waals surface area (Å²) in [4.78, 5) is 24.7. The van der Waals surface area contributed by atoms with Gasteiger partial charge in [-0.15, -0.1) is 0 Å². The van der Waals surface area contributed by atoms with Gasteiger partial charge in [-0.3, -0.25) is 4.79 Å². The molecule has 0 saturated carbocycles. The number of carbonyl (C=O) groups excluding carboxylic acids is 2. The molecule has 6 nitrogen and oxygen atoms in total. The molecule has 3 rings (SSSR count). The number of esters is 1. The maximum absolute atomic E-state index is 13.1. The Morgan fingerprint density at radius 2 is 1.44 bits per heavy atom. The zero-order valence-electron chi connectivity index (χ0n) is 16.2. The van der Waals surface area contributed by atoms with Crippen molar-refractivity contribution in [1.29, 1.82) is 0 Å². The van der Waals surface area contributed by atoms with Gasteiger partial charge in [-0.05, 0) is 48.5 Å². The quantitative estimate of drug-likeness (QED) is 0.526. The largest absolute Gasteiger partial charge is 0.444 e. The van der Waals surface area contributed by atoms with E-state index in [4.69, 9.17) is 4.74 Å². The average Bonchev–Trinajstić information content (AvgIpc) is 2.79. The normalized spacial score (nSPS) is 12.2. The van der Waals surface area contributed by atoms with Gasteiger partial charge in [0, 0.05) is 11.3 Å². The highest BCUT2D eigenvalue weighted by Gasteiger charge is 2.28. The first-order valence-corrected chi connectivity index (χ1v) is 10.7. The van der Waals surface area contributed by atoms with Crippen molar-refractivity contribution in [1.82, 2.24) is 0 Å². The molecule has 0 bridgehead atoms. The standard InChI is InChI=1S/C22H16F3NO5S/c23-16-8-10-17(11-9-16)26-20(27)19(14-4-2-1-3-5-14)31-21(28)15-6-12-18(13-7-15)32(29,30)22(24)25/h1-13,19,22H,(H,26,27)/t19-/m0/s1. The lowest BCUT2D eigenvalue weighted by Crippen LogP contribution is -2.26. The first kappa shape index (κ1) is 23.0. The molecule has 0 spiro atoms. The van der Waals surface area contributed by atoms with Gasteiger partial charge in [0.25, 0.3) is 5.91 Å². The van der Waals surface area contributed by atoms with E-state index in [9.17, 15) is 31.2 Å². The number of hydrogen-bond donors (Lipinski definition) is 1. The topological polar surface area (TPSA) is 89.5 Å². The number of benzene rings is 3. The molecule has 0 aliphatic carbocycles. The molecule has 10 heteroatoms. The van der Waals surface area contributed by atoms with Crippen LogP contribution in [0.3, 0.4) is 0 Å². The monoisotopic (exact) mass is 463 g/mol. The molecule has 166 valence electrons. The van der Waals surface area contributed by atoms with Crippen molar-refractivity contribution in [2.45, 2.75) is 16.8 Å². The molecule has 0 saturated heterocycles. The van der Waals surface area contributed by atoms with Crippen LogP contribution in [0, 0.1) is 5.82 Å². The molecule has 0 unspecified atom stereocenters. The van der Waals surface area contributed by atoms with Gasteiger partial charge in [-0.25, -0.2) is 17.6 Å². The van der Waals surface area contributed by atoms with Gasteiger partial charge >= 0.3 is 11.7 Å². The zero-order chi connectivity index (χ0) is 23.3. The van der Waals surface area contributed by atoms with Crippen LogP contribution in [0.4, 0.5) is 18.9 Å². The summed E-state index contributed by atoms with van der Waals surface area (Å²) in [5, 5.41) is 2.52. The number of carbonyl (C=O) groups is 2. The van der Waals surface area contributed by atoms with E-state index in [1.54, 1.807) is 30.3 Å². The third-order valence-corrected chi connectivity index (χ3v) is 5.73. The van der Waals surface area contributed by atoms with Crippen LogP contribution in [0.2, 0.25) is 0 Å². The van der Waals surface area contributed by atoms with Gasteiger partial charge in [0.05, 0.1) is 10.5 Å². The van der Waals surface area contributed by atoms with Crippen LogP contribution in [0.5, 0.6) is 0 Å². The van der Waals surface area contributed by atoms with Crippen molar-refractivity contribution in [3.63, 3.8) is 0 Å². The number of alkyl halides is 2. The molecule has 0 fully saturated rings. The molecule has 1 N–H and O–H groups in total. The minimum Gasteiger partial charge on any atom is -0.444 e. The molecule has 3 aromatic carbocycles. The van der Waals surface area contributed by atoms with Crippen LogP contribution in [-0.2, 0) is 19.4 Å². The fourth-order valence-corrected chi connectivity index (χ4v) is 3.42. The van der Waals surface area contributed by atoms with E-state index < -0.39 is 44.3 Å². The molecule has 0 aliphatic rings. The maximum atomic E-state index is 13.1. The maximum Gasteiger partial charge on any atom is 0.341 e. The average molecular weight is 463 g/mol. The minimum absolute atomic E-state index is 0.145. The zero-order valence-corrected chi connectivity index (χ0v) is 17.1. The van der Waals surface area contributed by atoms with Crippen molar-refractivity contribution in [2.24, 2.45) is 0 Å².